The standard InChI is InChI=1S/C31H52O/c1-20-25-21-10-11-23-29(7)14-13-24(32)27(4,5)22(29)12-15-31(23,9)30(21,8)19-18-28(25,6)17-16-26(20,2)3/h20-23,25H,10-19H2,1-9H3/t20?,21?,22-,23+,25?,28+,29-,30+,31+/m0/s1. The predicted octanol–water partition coefficient (Wildman–Crippen LogP) is 8.70. The van der Waals surface area contributed by atoms with Gasteiger partial charge in [-0.1, -0.05) is 62.3 Å². The van der Waals surface area contributed by atoms with E-state index >= 15 is 0 Å². The number of fused-ring (bicyclic) bond motifs is 7. The largest absolute Gasteiger partial charge is 0.299 e. The van der Waals surface area contributed by atoms with E-state index in [1.165, 1.54) is 51.4 Å². The Morgan fingerprint density at radius 1 is 0.688 bits per heavy atom. The highest BCUT2D eigenvalue weighted by atomic mass is 16.1. The van der Waals surface area contributed by atoms with Crippen molar-refractivity contribution in [2.45, 2.75) is 127 Å². The zero-order chi connectivity index (χ0) is 23.5. The van der Waals surface area contributed by atoms with Gasteiger partial charge in [-0.25, -0.2) is 0 Å². The zero-order valence-corrected chi connectivity index (χ0v) is 22.9. The first-order chi connectivity index (χ1) is 14.6. The summed E-state index contributed by atoms with van der Waals surface area (Å²) in [5.74, 6) is 4.50. The molecule has 182 valence electrons. The number of carbonyl (C=O) groups excluding carboxylic acids is 1. The molecule has 5 fully saturated rings. The van der Waals surface area contributed by atoms with Crippen molar-refractivity contribution in [3.63, 3.8) is 0 Å². The van der Waals surface area contributed by atoms with Crippen molar-refractivity contribution >= 4 is 5.78 Å². The first-order valence-electron chi connectivity index (χ1n) is 14.2. The molecule has 0 bridgehead atoms. The zero-order valence-electron chi connectivity index (χ0n) is 22.9. The van der Waals surface area contributed by atoms with E-state index < -0.39 is 0 Å². The fourth-order valence-corrected chi connectivity index (χ4v) is 11.6. The molecule has 32 heavy (non-hydrogen) atoms. The molecule has 0 amide bonds. The Kier molecular flexibility index (Phi) is 4.87. The molecule has 9 atom stereocenters. The van der Waals surface area contributed by atoms with E-state index in [1.807, 2.05) is 0 Å². The Morgan fingerprint density at radius 2 is 1.34 bits per heavy atom. The van der Waals surface area contributed by atoms with Gasteiger partial charge in [0.15, 0.2) is 0 Å². The lowest BCUT2D eigenvalue weighted by molar-refractivity contribution is -0.248. The van der Waals surface area contributed by atoms with Gasteiger partial charge in [0.2, 0.25) is 0 Å². The van der Waals surface area contributed by atoms with E-state index in [4.69, 9.17) is 0 Å². The van der Waals surface area contributed by atoms with Crippen molar-refractivity contribution in [1.82, 2.24) is 0 Å². The molecule has 0 aromatic carbocycles. The van der Waals surface area contributed by atoms with E-state index in [0.29, 0.717) is 38.8 Å². The Hall–Kier alpha value is -0.330. The number of rotatable bonds is 0. The summed E-state index contributed by atoms with van der Waals surface area (Å²) >= 11 is 0. The summed E-state index contributed by atoms with van der Waals surface area (Å²) in [6, 6.07) is 0. The minimum atomic E-state index is -0.126. The molecule has 3 unspecified atom stereocenters. The van der Waals surface area contributed by atoms with E-state index in [2.05, 4.69) is 62.3 Å². The lowest BCUT2D eigenvalue weighted by atomic mass is 9.31. The van der Waals surface area contributed by atoms with E-state index in [-0.39, 0.29) is 5.41 Å². The smallest absolute Gasteiger partial charge is 0.138 e. The fourth-order valence-electron chi connectivity index (χ4n) is 11.6. The molecular formula is C31H52O. The summed E-state index contributed by atoms with van der Waals surface area (Å²) in [6.45, 7) is 23.1. The van der Waals surface area contributed by atoms with Crippen LogP contribution in [0.2, 0.25) is 0 Å². The van der Waals surface area contributed by atoms with Crippen molar-refractivity contribution < 1.29 is 4.79 Å². The van der Waals surface area contributed by atoms with Crippen molar-refractivity contribution in [2.24, 2.45) is 62.1 Å². The second-order valence-electron chi connectivity index (χ2n) is 15.8. The first kappa shape index (κ1) is 23.4. The third-order valence-corrected chi connectivity index (χ3v) is 14.2. The highest BCUT2D eigenvalue weighted by Crippen LogP contribution is 2.77. The summed E-state index contributed by atoms with van der Waals surface area (Å²) in [4.78, 5) is 12.9. The Bertz CT molecular complexity index is 807. The molecule has 5 aliphatic rings. The highest BCUT2D eigenvalue weighted by Gasteiger charge is 2.70. The summed E-state index contributed by atoms with van der Waals surface area (Å²) in [5, 5.41) is 0. The second-order valence-corrected chi connectivity index (χ2v) is 15.8. The number of carbonyl (C=O) groups is 1. The number of ketones is 1. The molecule has 0 aromatic rings. The van der Waals surface area contributed by atoms with Crippen LogP contribution >= 0.6 is 0 Å². The summed E-state index contributed by atoms with van der Waals surface area (Å²) in [7, 11) is 0. The summed E-state index contributed by atoms with van der Waals surface area (Å²) in [5.41, 5.74) is 2.15. The van der Waals surface area contributed by atoms with Gasteiger partial charge in [-0.15, -0.1) is 0 Å². The van der Waals surface area contributed by atoms with Crippen LogP contribution in [-0.4, -0.2) is 5.78 Å². The molecule has 0 N–H and O–H groups in total. The van der Waals surface area contributed by atoms with Crippen LogP contribution in [0.3, 0.4) is 0 Å². The van der Waals surface area contributed by atoms with E-state index in [9.17, 15) is 4.79 Å². The van der Waals surface area contributed by atoms with Crippen molar-refractivity contribution in [1.29, 1.82) is 0 Å². The molecular weight excluding hydrogens is 388 g/mol. The minimum absolute atomic E-state index is 0.126. The monoisotopic (exact) mass is 440 g/mol. The number of Topliss-reactive ketones (excluding diaryl/α,β-unsaturated/α-hetero) is 1. The van der Waals surface area contributed by atoms with Gasteiger partial charge in [0, 0.05) is 11.8 Å². The molecule has 1 nitrogen and oxygen atoms in total. The third kappa shape index (κ3) is 2.66. The first-order valence-corrected chi connectivity index (χ1v) is 14.2. The van der Waals surface area contributed by atoms with Crippen LogP contribution in [0.15, 0.2) is 0 Å². The second kappa shape index (κ2) is 6.66. The maximum absolute atomic E-state index is 12.9. The van der Waals surface area contributed by atoms with Gasteiger partial charge >= 0.3 is 0 Å². The maximum atomic E-state index is 12.9. The Balaban J connectivity index is 1.55. The topological polar surface area (TPSA) is 17.1 Å². The Morgan fingerprint density at radius 3 is 2.03 bits per heavy atom. The van der Waals surface area contributed by atoms with E-state index in [0.717, 1.165) is 36.5 Å². The minimum Gasteiger partial charge on any atom is -0.299 e. The lowest BCUT2D eigenvalue weighted by Crippen LogP contribution is -2.67. The number of hydrogen-bond donors (Lipinski definition) is 0. The van der Waals surface area contributed by atoms with Crippen LogP contribution < -0.4 is 0 Å². The van der Waals surface area contributed by atoms with Gasteiger partial charge < -0.3 is 0 Å². The van der Waals surface area contributed by atoms with Gasteiger partial charge in [0.05, 0.1) is 0 Å². The van der Waals surface area contributed by atoms with Crippen LogP contribution in [-0.2, 0) is 4.79 Å². The normalized spacial score (nSPS) is 56.4. The van der Waals surface area contributed by atoms with Crippen molar-refractivity contribution in [3.05, 3.63) is 0 Å². The van der Waals surface area contributed by atoms with Gasteiger partial charge in [-0.3, -0.25) is 4.79 Å². The molecule has 5 saturated carbocycles. The molecule has 5 rings (SSSR count). The van der Waals surface area contributed by atoms with Crippen LogP contribution in [0.4, 0.5) is 0 Å². The molecule has 0 saturated heterocycles. The summed E-state index contributed by atoms with van der Waals surface area (Å²) < 4.78 is 0. The lowest BCUT2D eigenvalue weighted by Gasteiger charge is -2.74. The Labute approximate surface area is 199 Å². The van der Waals surface area contributed by atoms with E-state index in [1.54, 1.807) is 0 Å². The predicted molar refractivity (Wildman–Crippen MR) is 134 cm³/mol. The molecule has 0 spiro atoms. The maximum Gasteiger partial charge on any atom is 0.138 e. The van der Waals surface area contributed by atoms with Crippen molar-refractivity contribution in [3.8, 4) is 0 Å². The molecule has 1 heteroatoms. The van der Waals surface area contributed by atoms with Crippen LogP contribution in [0, 0.1) is 62.1 Å². The SMILES string of the molecule is CC1C2C3CC[C@@H]4[C@@]5(C)CCC(=O)C(C)(C)[C@@H]5CC[C@@]4(C)[C@]3(C)CC[C@@]2(C)CCC1(C)C. The summed E-state index contributed by atoms with van der Waals surface area (Å²) in [6.07, 6.45) is 13.2. The average Bonchev–Trinajstić information content (AvgIpc) is 2.70. The molecule has 0 aliphatic heterocycles. The van der Waals surface area contributed by atoms with Gasteiger partial charge in [0.25, 0.3) is 0 Å². The number of hydrogen-bond acceptors (Lipinski definition) is 1. The fraction of sp³-hybridized carbons (Fsp3) is 0.968. The van der Waals surface area contributed by atoms with Crippen molar-refractivity contribution in [2.75, 3.05) is 0 Å². The highest BCUT2D eigenvalue weighted by molar-refractivity contribution is 5.85. The van der Waals surface area contributed by atoms with Crippen LogP contribution in [0.5, 0.6) is 0 Å². The molecule has 0 aromatic heterocycles. The van der Waals surface area contributed by atoms with Crippen LogP contribution in [0.1, 0.15) is 127 Å². The quantitative estimate of drug-likeness (QED) is 0.368. The molecule has 0 radical (unpaired) electrons. The van der Waals surface area contributed by atoms with Crippen LogP contribution in [0.25, 0.3) is 0 Å². The van der Waals surface area contributed by atoms with Gasteiger partial charge in [-0.2, -0.15) is 0 Å². The average molecular weight is 441 g/mol. The molecule has 0 heterocycles. The molecule has 5 aliphatic carbocycles. The third-order valence-electron chi connectivity index (χ3n) is 14.2. The van der Waals surface area contributed by atoms with Gasteiger partial charge in [-0.05, 0) is 114 Å². The van der Waals surface area contributed by atoms with Gasteiger partial charge in [0.1, 0.15) is 5.78 Å².